The van der Waals surface area contributed by atoms with Crippen LogP contribution in [0.25, 0.3) is 11.0 Å². The molecule has 1 amide bonds. The van der Waals surface area contributed by atoms with Crippen LogP contribution in [0.4, 0.5) is 5.69 Å². The van der Waals surface area contributed by atoms with Crippen LogP contribution in [0, 0.1) is 0 Å². The Labute approximate surface area is 146 Å². The molecule has 0 saturated heterocycles. The van der Waals surface area contributed by atoms with Crippen molar-refractivity contribution in [2.75, 3.05) is 11.1 Å². The molecule has 7 nitrogen and oxygen atoms in total. The Morgan fingerprint density at radius 3 is 3.00 bits per heavy atom. The Balaban J connectivity index is 1.68. The molecule has 3 aromatic rings. The van der Waals surface area contributed by atoms with Gasteiger partial charge in [-0.25, -0.2) is 4.98 Å². The van der Waals surface area contributed by atoms with Crippen molar-refractivity contribution in [1.82, 2.24) is 18.7 Å². The van der Waals surface area contributed by atoms with Crippen LogP contribution in [0.5, 0.6) is 0 Å². The van der Waals surface area contributed by atoms with Gasteiger partial charge in [0.25, 0.3) is 5.56 Å². The first-order valence-electron chi connectivity index (χ1n) is 7.28. The Morgan fingerprint density at radius 2 is 2.21 bits per heavy atom. The van der Waals surface area contributed by atoms with Gasteiger partial charge in [-0.1, -0.05) is 31.7 Å². The van der Waals surface area contributed by atoms with Crippen molar-refractivity contribution in [2.45, 2.75) is 24.9 Å². The van der Waals surface area contributed by atoms with E-state index in [1.807, 2.05) is 26.0 Å². The fourth-order valence-corrected chi connectivity index (χ4v) is 3.28. The molecule has 124 valence electrons. The predicted molar refractivity (Wildman–Crippen MR) is 95.7 cm³/mol. The summed E-state index contributed by atoms with van der Waals surface area (Å²) in [4.78, 5) is 30.8. The highest BCUT2D eigenvalue weighted by Gasteiger charge is 2.11. The van der Waals surface area contributed by atoms with E-state index in [1.165, 1.54) is 17.8 Å². The van der Waals surface area contributed by atoms with Crippen molar-refractivity contribution in [1.29, 1.82) is 0 Å². The Morgan fingerprint density at radius 1 is 1.38 bits per heavy atom. The zero-order valence-electron chi connectivity index (χ0n) is 13.1. The van der Waals surface area contributed by atoms with E-state index in [2.05, 4.69) is 24.0 Å². The van der Waals surface area contributed by atoms with Crippen molar-refractivity contribution >= 4 is 46.1 Å². The number of hydrogen-bond donors (Lipinski definition) is 2. The molecule has 0 aliphatic heterocycles. The lowest BCUT2D eigenvalue weighted by Gasteiger charge is -2.07. The Hall–Kier alpha value is -2.26. The van der Waals surface area contributed by atoms with Gasteiger partial charge in [0.05, 0.1) is 28.9 Å². The maximum Gasteiger partial charge on any atom is 0.251 e. The van der Waals surface area contributed by atoms with E-state index in [4.69, 9.17) is 0 Å². The second-order valence-electron chi connectivity index (χ2n) is 5.40. The maximum atomic E-state index is 12.2. The number of H-pyrrole nitrogens is 1. The standard InChI is InChI=1S/C15H15N5O2S2/c1-8(2)11-6-12(21)18-15(17-11)23-7-13(22)16-9-4-3-5-10-14(9)20-24-19-10/h3-6,8H,7H2,1-2H3,(H,16,22)(H,17,18,21). The summed E-state index contributed by atoms with van der Waals surface area (Å²) in [6.45, 7) is 3.93. The number of aromatic nitrogens is 4. The average Bonchev–Trinajstić information content (AvgIpc) is 3.02. The fourth-order valence-electron chi connectivity index (χ4n) is 2.04. The molecular formula is C15H15N5O2S2. The molecule has 0 bridgehead atoms. The van der Waals surface area contributed by atoms with Gasteiger partial charge in [-0.15, -0.1) is 0 Å². The van der Waals surface area contributed by atoms with Crippen LogP contribution in [0.15, 0.2) is 34.2 Å². The van der Waals surface area contributed by atoms with Gasteiger partial charge in [0, 0.05) is 6.07 Å². The molecule has 0 fully saturated rings. The third kappa shape index (κ3) is 3.80. The van der Waals surface area contributed by atoms with Gasteiger partial charge in [0.15, 0.2) is 5.16 Å². The molecule has 0 spiro atoms. The number of hydrogen-bond acceptors (Lipinski definition) is 7. The summed E-state index contributed by atoms with van der Waals surface area (Å²) in [6, 6.07) is 6.92. The molecule has 2 N–H and O–H groups in total. The second-order valence-corrected chi connectivity index (χ2v) is 6.90. The SMILES string of the molecule is CC(C)c1cc(=O)[nH]c(SCC(=O)Nc2cccc3nsnc23)n1. The van der Waals surface area contributed by atoms with E-state index in [-0.39, 0.29) is 23.1 Å². The molecule has 0 unspecified atom stereocenters. The first-order chi connectivity index (χ1) is 11.5. The summed E-state index contributed by atoms with van der Waals surface area (Å²) < 4.78 is 8.32. The van der Waals surface area contributed by atoms with E-state index < -0.39 is 0 Å². The van der Waals surface area contributed by atoms with E-state index in [0.29, 0.717) is 22.1 Å². The number of carbonyl (C=O) groups excluding carboxylic acids is 1. The monoisotopic (exact) mass is 361 g/mol. The van der Waals surface area contributed by atoms with Gasteiger partial charge in [0.2, 0.25) is 5.91 Å². The van der Waals surface area contributed by atoms with Crippen LogP contribution in [0.1, 0.15) is 25.5 Å². The van der Waals surface area contributed by atoms with Crippen molar-refractivity contribution in [2.24, 2.45) is 0 Å². The summed E-state index contributed by atoms with van der Waals surface area (Å²) in [6.07, 6.45) is 0. The van der Waals surface area contributed by atoms with Crippen LogP contribution in [0.3, 0.4) is 0 Å². The van der Waals surface area contributed by atoms with Gasteiger partial charge >= 0.3 is 0 Å². The molecule has 2 heterocycles. The van der Waals surface area contributed by atoms with E-state index in [0.717, 1.165) is 17.2 Å². The number of nitrogens with one attached hydrogen (secondary N) is 2. The summed E-state index contributed by atoms with van der Waals surface area (Å²) in [5, 5.41) is 3.26. The number of aromatic amines is 1. The van der Waals surface area contributed by atoms with Crippen LogP contribution >= 0.6 is 23.5 Å². The van der Waals surface area contributed by atoms with Crippen LogP contribution in [-0.4, -0.2) is 30.4 Å². The van der Waals surface area contributed by atoms with Gasteiger partial charge in [0.1, 0.15) is 11.0 Å². The van der Waals surface area contributed by atoms with Crippen LogP contribution < -0.4 is 10.9 Å². The molecule has 0 aliphatic rings. The number of fused-ring (bicyclic) bond motifs is 1. The Bertz CT molecular complexity index is 935. The lowest BCUT2D eigenvalue weighted by Crippen LogP contribution is -2.16. The molecule has 0 atom stereocenters. The summed E-state index contributed by atoms with van der Waals surface area (Å²) >= 11 is 2.29. The summed E-state index contributed by atoms with van der Waals surface area (Å²) in [5.74, 6) is 0.0895. The first kappa shape index (κ1) is 16.6. The molecule has 2 aromatic heterocycles. The average molecular weight is 361 g/mol. The molecule has 0 saturated carbocycles. The zero-order chi connectivity index (χ0) is 17.1. The van der Waals surface area contributed by atoms with E-state index in [1.54, 1.807) is 6.07 Å². The number of thioether (sulfide) groups is 1. The third-order valence-electron chi connectivity index (χ3n) is 3.23. The molecule has 0 radical (unpaired) electrons. The summed E-state index contributed by atoms with van der Waals surface area (Å²) in [5.41, 5.74) is 2.55. The highest BCUT2D eigenvalue weighted by Crippen LogP contribution is 2.22. The van der Waals surface area contributed by atoms with E-state index >= 15 is 0 Å². The second kappa shape index (κ2) is 7.10. The first-order valence-corrected chi connectivity index (χ1v) is 8.99. The number of carbonyl (C=O) groups is 1. The smallest absolute Gasteiger partial charge is 0.251 e. The maximum absolute atomic E-state index is 12.2. The normalized spacial score (nSPS) is 11.1. The van der Waals surface area contributed by atoms with Crippen LogP contribution in [-0.2, 0) is 4.79 Å². The van der Waals surface area contributed by atoms with Crippen molar-refractivity contribution in [3.63, 3.8) is 0 Å². The molecule has 1 aromatic carbocycles. The van der Waals surface area contributed by atoms with Crippen molar-refractivity contribution < 1.29 is 4.79 Å². The summed E-state index contributed by atoms with van der Waals surface area (Å²) in [7, 11) is 0. The topological polar surface area (TPSA) is 101 Å². The lowest BCUT2D eigenvalue weighted by atomic mass is 10.1. The number of nitrogens with zero attached hydrogens (tertiary/aromatic N) is 3. The highest BCUT2D eigenvalue weighted by atomic mass is 32.2. The lowest BCUT2D eigenvalue weighted by molar-refractivity contribution is -0.113. The minimum absolute atomic E-state index is 0.137. The predicted octanol–water partition coefficient (Wildman–Crippen LogP) is 2.63. The van der Waals surface area contributed by atoms with Crippen molar-refractivity contribution in [3.8, 4) is 0 Å². The van der Waals surface area contributed by atoms with Gasteiger partial charge < -0.3 is 10.3 Å². The molecule has 9 heteroatoms. The van der Waals surface area contributed by atoms with Gasteiger partial charge in [-0.2, -0.15) is 8.75 Å². The number of benzene rings is 1. The molecule has 24 heavy (non-hydrogen) atoms. The molecular weight excluding hydrogens is 346 g/mol. The van der Waals surface area contributed by atoms with Gasteiger partial charge in [-0.3, -0.25) is 9.59 Å². The van der Waals surface area contributed by atoms with Gasteiger partial charge in [-0.05, 0) is 18.1 Å². The minimum Gasteiger partial charge on any atom is -0.323 e. The zero-order valence-corrected chi connectivity index (χ0v) is 14.7. The van der Waals surface area contributed by atoms with E-state index in [9.17, 15) is 9.59 Å². The Kier molecular flexibility index (Phi) is 4.91. The largest absolute Gasteiger partial charge is 0.323 e. The number of rotatable bonds is 5. The number of amides is 1. The highest BCUT2D eigenvalue weighted by molar-refractivity contribution is 7.99. The molecule has 0 aliphatic carbocycles. The van der Waals surface area contributed by atoms with Crippen molar-refractivity contribution in [3.05, 3.63) is 40.3 Å². The fraction of sp³-hybridized carbons (Fsp3) is 0.267. The number of anilines is 1. The molecule has 3 rings (SSSR count). The third-order valence-corrected chi connectivity index (χ3v) is 4.65. The quantitative estimate of drug-likeness (QED) is 0.535. The minimum atomic E-state index is -0.213. The van der Waals surface area contributed by atoms with Crippen LogP contribution in [0.2, 0.25) is 0 Å².